The molecule has 0 amide bonds. The van der Waals surface area contributed by atoms with Gasteiger partial charge in [-0.05, 0) is 90.3 Å². The monoisotopic (exact) mass is 1170 g/mol. The Morgan fingerprint density at radius 1 is 0.513 bits per heavy atom. The molecular formula is C70H48N4OPt-2. The molecule has 76 heavy (non-hydrogen) atoms. The van der Waals surface area contributed by atoms with Crippen LogP contribution in [0.3, 0.4) is 0 Å². The van der Waals surface area contributed by atoms with Crippen LogP contribution in [-0.4, -0.2) is 14.1 Å². The molecule has 366 valence electrons. The Labute approximate surface area is 470 Å². The van der Waals surface area contributed by atoms with E-state index in [1.807, 2.05) is 108 Å². The second-order valence-electron chi connectivity index (χ2n) is 19.6. The van der Waals surface area contributed by atoms with E-state index in [9.17, 15) is 5.48 Å². The van der Waals surface area contributed by atoms with Crippen molar-refractivity contribution in [2.75, 3.05) is 0 Å². The van der Waals surface area contributed by atoms with Crippen LogP contribution in [0.5, 0.6) is 11.5 Å². The van der Waals surface area contributed by atoms with E-state index in [0.29, 0.717) is 28.2 Å². The van der Waals surface area contributed by atoms with Crippen molar-refractivity contribution in [1.82, 2.24) is 14.1 Å². The summed E-state index contributed by atoms with van der Waals surface area (Å²) in [6.45, 7) is 6.54. The number of aromatic nitrogens is 4. The summed E-state index contributed by atoms with van der Waals surface area (Å²) in [7, 11) is 0. The van der Waals surface area contributed by atoms with Gasteiger partial charge in [-0.25, -0.2) is 4.98 Å². The first kappa shape index (κ1) is 36.9. The van der Waals surface area contributed by atoms with Gasteiger partial charge < -0.3 is 13.9 Å². The first-order valence-corrected chi connectivity index (χ1v) is 24.7. The van der Waals surface area contributed by atoms with E-state index in [2.05, 4.69) is 98.4 Å². The van der Waals surface area contributed by atoms with Crippen molar-refractivity contribution in [1.29, 1.82) is 0 Å². The van der Waals surface area contributed by atoms with Crippen molar-refractivity contribution in [2.24, 2.45) is 0 Å². The van der Waals surface area contributed by atoms with Gasteiger partial charge in [-0.3, -0.25) is 4.57 Å². The number of hydrogen-bond donors (Lipinski definition) is 0. The average Bonchev–Trinajstić information content (AvgIpc) is 1.39. The van der Waals surface area contributed by atoms with Crippen LogP contribution in [0.4, 0.5) is 0 Å². The minimum atomic E-state index is -0.584. The van der Waals surface area contributed by atoms with Crippen LogP contribution in [0.15, 0.2) is 236 Å². The van der Waals surface area contributed by atoms with Crippen LogP contribution < -0.4 is 9.30 Å². The van der Waals surface area contributed by atoms with Crippen LogP contribution in [0.2, 0.25) is 0 Å². The fourth-order valence-electron chi connectivity index (χ4n) is 10.7. The Bertz CT molecular complexity index is 4860. The van der Waals surface area contributed by atoms with Crippen LogP contribution in [0, 0.1) is 18.5 Å². The molecule has 1 aliphatic carbocycles. The van der Waals surface area contributed by atoms with Gasteiger partial charge in [0, 0.05) is 44.3 Å². The topological polar surface area (TPSA) is 35.9 Å². The van der Waals surface area contributed by atoms with Gasteiger partial charge >= 0.3 is 0 Å². The van der Waals surface area contributed by atoms with E-state index in [1.54, 1.807) is 22.8 Å². The number of para-hydroxylation sites is 4. The Balaban J connectivity index is 0.00000686. The summed E-state index contributed by atoms with van der Waals surface area (Å²) in [5.74, 6) is 1.48. The summed E-state index contributed by atoms with van der Waals surface area (Å²) < 4.78 is 102. The predicted octanol–water partition coefficient (Wildman–Crippen LogP) is 17.2. The molecule has 0 fully saturated rings. The zero-order valence-electron chi connectivity index (χ0n) is 51.3. The van der Waals surface area contributed by atoms with Crippen LogP contribution in [-0.2, 0) is 26.5 Å². The van der Waals surface area contributed by atoms with Gasteiger partial charge in [-0.15, -0.1) is 40.8 Å². The predicted molar refractivity (Wildman–Crippen MR) is 305 cm³/mol. The van der Waals surface area contributed by atoms with Gasteiger partial charge in [0.05, 0.1) is 30.4 Å². The molecule has 6 heteroatoms. The normalized spacial score (nSPS) is 13.6. The molecule has 0 saturated carbocycles. The standard InChI is InChI=1S/C70H48N4O.Pt/c1-70(2,3)48-39-40-71-67(41-48)74-62-34-17-16-30-58(62)59-38-37-49(43-65(59)74)75-50-42-61-57-29-13-12-27-55(57)53-25-10-11-26-54(53)56-28-14-15-31-60(56)68(61)66(44-50)72-45-73(64-36-19-18-35-63(64)72)69-51(46-21-6-4-7-22-46)32-20-33-52(69)47-23-8-5-9-24-47;/h4-42H,1-3H3;/q-2;/i4D,5D,6D,7D,8D,9D,21D,22D,23D,24D;. The maximum atomic E-state index is 9.31. The number of fused-ring (bicyclic) bond motifs is 12. The van der Waals surface area contributed by atoms with Gasteiger partial charge in [0.25, 0.3) is 6.33 Å². The average molecular weight is 1170 g/mol. The van der Waals surface area contributed by atoms with E-state index in [0.717, 1.165) is 77.7 Å². The van der Waals surface area contributed by atoms with Gasteiger partial charge in [0.15, 0.2) is 0 Å². The molecule has 0 spiro atoms. The summed E-state index contributed by atoms with van der Waals surface area (Å²) in [5, 5.41) is 1.99. The van der Waals surface area contributed by atoms with Crippen molar-refractivity contribution in [3.63, 3.8) is 0 Å². The van der Waals surface area contributed by atoms with E-state index >= 15 is 0 Å². The fraction of sp³-hybridized carbons (Fsp3) is 0.0571. The number of pyridine rings is 1. The molecule has 3 heterocycles. The van der Waals surface area contributed by atoms with Crippen molar-refractivity contribution in [2.45, 2.75) is 26.2 Å². The molecule has 3 aromatic heterocycles. The van der Waals surface area contributed by atoms with Crippen LogP contribution in [0.1, 0.15) is 40.0 Å². The number of ether oxygens (including phenoxy) is 1. The quantitative estimate of drug-likeness (QED) is 0.118. The van der Waals surface area contributed by atoms with Gasteiger partial charge in [0.2, 0.25) is 0 Å². The van der Waals surface area contributed by atoms with Crippen molar-refractivity contribution in [3.05, 3.63) is 261 Å². The Morgan fingerprint density at radius 3 is 1.71 bits per heavy atom. The molecule has 0 aliphatic heterocycles. The maximum absolute atomic E-state index is 9.31. The van der Waals surface area contributed by atoms with E-state index in [1.165, 1.54) is 0 Å². The largest absolute Gasteiger partial charge is 0.510 e. The third-order valence-electron chi connectivity index (χ3n) is 14.1. The minimum Gasteiger partial charge on any atom is -0.510 e. The van der Waals surface area contributed by atoms with E-state index < -0.39 is 60.4 Å². The van der Waals surface area contributed by atoms with Gasteiger partial charge in [-0.2, -0.15) is 6.07 Å². The molecular weight excluding hydrogens is 1110 g/mol. The SMILES string of the molecule is [2H]c1c([2H])c([2H])c(-c2cccc(-c3c([2H])c([2H])c([2H])c([2H])c3[2H])c2-[n+]2[c-]n(-c3[c-]c(Oc4[c-]c5c(cc4)c4ccccc4n5-c4cc(C(C)(C)C)ccn4)cc4c3-c3ccccc3-c3ccccc3-c3ccccc3-4)c3ccccc32)c([2H])c1[2H].[Pt]. The minimum absolute atomic E-state index is 0. The number of benzene rings is 10. The third kappa shape index (κ3) is 7.81. The number of rotatable bonds is 7. The molecule has 0 radical (unpaired) electrons. The zero-order chi connectivity index (χ0) is 58.9. The first-order valence-electron chi connectivity index (χ1n) is 29.7. The summed E-state index contributed by atoms with van der Waals surface area (Å²) in [5.41, 5.74) is 11.7. The first-order chi connectivity index (χ1) is 41.0. The molecule has 0 bridgehead atoms. The smallest absolute Gasteiger partial charge is 0.268 e. The van der Waals surface area contributed by atoms with Crippen LogP contribution >= 0.6 is 0 Å². The van der Waals surface area contributed by atoms with E-state index in [-0.39, 0.29) is 54.4 Å². The summed E-state index contributed by atoms with van der Waals surface area (Å²) in [6.07, 6.45) is 5.50. The number of hydrogen-bond acceptors (Lipinski definition) is 2. The molecule has 1 aliphatic rings. The van der Waals surface area contributed by atoms with Gasteiger partial charge in [-0.1, -0.05) is 226 Å². The summed E-state index contributed by atoms with van der Waals surface area (Å²) >= 11 is 0. The third-order valence-corrected chi connectivity index (χ3v) is 14.1. The van der Waals surface area contributed by atoms with E-state index in [4.69, 9.17) is 17.9 Å². The van der Waals surface area contributed by atoms with Gasteiger partial charge in [0.1, 0.15) is 5.82 Å². The fourth-order valence-corrected chi connectivity index (χ4v) is 10.7. The molecule has 13 aromatic rings. The second-order valence-corrected chi connectivity index (χ2v) is 19.6. The molecule has 0 unspecified atom stereocenters. The summed E-state index contributed by atoms with van der Waals surface area (Å²) in [4.78, 5) is 4.91. The van der Waals surface area contributed by atoms with Crippen LogP contribution in [0.25, 0.3) is 117 Å². The zero-order valence-corrected chi connectivity index (χ0v) is 43.5. The van der Waals surface area contributed by atoms with Crippen molar-refractivity contribution < 1.29 is 44.1 Å². The number of nitrogens with zero attached hydrogens (tertiary/aromatic N) is 4. The Morgan fingerprint density at radius 2 is 1.07 bits per heavy atom. The summed E-state index contributed by atoms with van der Waals surface area (Å²) in [6, 6.07) is 57.5. The van der Waals surface area contributed by atoms with Crippen molar-refractivity contribution >= 4 is 32.8 Å². The molecule has 5 nitrogen and oxygen atoms in total. The number of imidazole rings is 1. The molecule has 0 atom stereocenters. The molecule has 0 saturated heterocycles. The molecule has 14 rings (SSSR count). The Kier molecular flexibility index (Phi) is 9.13. The molecule has 10 aromatic carbocycles. The molecule has 0 N–H and O–H groups in total. The second kappa shape index (κ2) is 18.8. The maximum Gasteiger partial charge on any atom is 0.268 e. The Hall–Kier alpha value is -8.89. The van der Waals surface area contributed by atoms with Crippen molar-refractivity contribution in [3.8, 4) is 95.5 Å².